The molecule has 0 spiro atoms. The lowest BCUT2D eigenvalue weighted by Gasteiger charge is -2.13. The first-order chi connectivity index (χ1) is 8.15. The van der Waals surface area contributed by atoms with Gasteiger partial charge in [-0.1, -0.05) is 0 Å². The highest BCUT2D eigenvalue weighted by molar-refractivity contribution is 6.17. The van der Waals surface area contributed by atoms with Gasteiger partial charge in [0.05, 0.1) is 0 Å². The maximum absolute atomic E-state index is 11.7. The van der Waals surface area contributed by atoms with E-state index in [1.165, 1.54) is 12.1 Å². The zero-order chi connectivity index (χ0) is 12.3. The summed E-state index contributed by atoms with van der Waals surface area (Å²) in [6.45, 7) is 0.624. The van der Waals surface area contributed by atoms with Crippen LogP contribution in [0, 0.1) is 5.41 Å². The highest BCUT2D eigenvalue weighted by Gasteiger charge is 2.41. The minimum absolute atomic E-state index is 0.194. The molecule has 5 nitrogen and oxygen atoms in total. The van der Waals surface area contributed by atoms with Crippen LogP contribution >= 0.6 is 11.6 Å². The molecule has 0 aromatic carbocycles. The Morgan fingerprint density at radius 3 is 2.82 bits per heavy atom. The Morgan fingerprint density at radius 2 is 2.29 bits per heavy atom. The topological polar surface area (TPSA) is 74.8 Å². The maximum atomic E-state index is 11.7. The lowest BCUT2D eigenvalue weighted by molar-refractivity contribution is 0.0938. The monoisotopic (exact) mass is 255 g/mol. The van der Waals surface area contributed by atoms with Gasteiger partial charge in [0.25, 0.3) is 11.5 Å². The number of alkyl halides is 1. The van der Waals surface area contributed by atoms with Crippen LogP contribution in [0.5, 0.6) is 0 Å². The predicted molar refractivity (Wildman–Crippen MR) is 64.2 cm³/mol. The van der Waals surface area contributed by atoms with Gasteiger partial charge < -0.3 is 5.32 Å². The van der Waals surface area contributed by atoms with Gasteiger partial charge in [0.15, 0.2) is 0 Å². The summed E-state index contributed by atoms with van der Waals surface area (Å²) >= 11 is 5.71. The molecular weight excluding hydrogens is 242 g/mol. The number of aromatic nitrogens is 2. The third kappa shape index (κ3) is 3.06. The largest absolute Gasteiger partial charge is 0.350 e. The first kappa shape index (κ1) is 12.1. The van der Waals surface area contributed by atoms with Gasteiger partial charge >= 0.3 is 0 Å². The molecule has 1 heterocycles. The molecule has 1 aromatic rings. The summed E-state index contributed by atoms with van der Waals surface area (Å²) in [5, 5.41) is 8.72. The number of amides is 1. The smallest absolute Gasteiger partial charge is 0.271 e. The Kier molecular flexibility index (Phi) is 3.47. The summed E-state index contributed by atoms with van der Waals surface area (Å²) in [7, 11) is 0. The van der Waals surface area contributed by atoms with Gasteiger partial charge in [-0.2, -0.15) is 5.10 Å². The molecule has 1 aliphatic rings. The average molecular weight is 256 g/mol. The second kappa shape index (κ2) is 4.87. The van der Waals surface area contributed by atoms with Crippen LogP contribution in [0.2, 0.25) is 0 Å². The minimum Gasteiger partial charge on any atom is -0.350 e. The number of nitrogens with zero attached hydrogens (tertiary/aromatic N) is 1. The van der Waals surface area contributed by atoms with E-state index in [0.29, 0.717) is 12.4 Å². The Balaban J connectivity index is 1.89. The van der Waals surface area contributed by atoms with Gasteiger partial charge in [0, 0.05) is 18.5 Å². The van der Waals surface area contributed by atoms with Crippen molar-refractivity contribution >= 4 is 17.5 Å². The molecule has 6 heteroatoms. The number of hydrogen-bond acceptors (Lipinski definition) is 3. The molecule has 1 amide bonds. The average Bonchev–Trinajstić information content (AvgIpc) is 3.08. The standard InChI is InChI=1S/C11H14ClN3O2/c12-6-5-11(3-4-11)7-13-10(17)8-1-2-9(16)15-14-8/h1-2H,3-7H2,(H,13,17)(H,15,16). The number of carbonyl (C=O) groups excluding carboxylic acids is 1. The van der Waals surface area contributed by atoms with E-state index < -0.39 is 0 Å². The first-order valence-electron chi connectivity index (χ1n) is 5.55. The van der Waals surface area contributed by atoms with E-state index in [9.17, 15) is 9.59 Å². The highest BCUT2D eigenvalue weighted by atomic mass is 35.5. The lowest BCUT2D eigenvalue weighted by atomic mass is 10.0. The lowest BCUT2D eigenvalue weighted by Crippen LogP contribution is -2.31. The summed E-state index contributed by atoms with van der Waals surface area (Å²) in [5.41, 5.74) is 0.105. The SMILES string of the molecule is O=C(NCC1(CCCl)CC1)c1ccc(=O)[nH]n1. The van der Waals surface area contributed by atoms with Crippen molar-refractivity contribution in [2.45, 2.75) is 19.3 Å². The molecule has 0 bridgehead atoms. The second-order valence-electron chi connectivity index (χ2n) is 4.43. The van der Waals surface area contributed by atoms with Crippen molar-refractivity contribution in [2.24, 2.45) is 5.41 Å². The van der Waals surface area contributed by atoms with Crippen LogP contribution in [0.4, 0.5) is 0 Å². The summed E-state index contributed by atoms with van der Waals surface area (Å²) in [4.78, 5) is 22.5. The van der Waals surface area contributed by atoms with Gasteiger partial charge in [-0.05, 0) is 30.7 Å². The molecule has 0 atom stereocenters. The van der Waals surface area contributed by atoms with Gasteiger partial charge in [-0.15, -0.1) is 11.6 Å². The molecule has 2 rings (SSSR count). The van der Waals surface area contributed by atoms with Crippen LogP contribution < -0.4 is 10.9 Å². The number of carbonyl (C=O) groups is 1. The summed E-state index contributed by atoms with van der Waals surface area (Å²) in [5.74, 6) is 0.356. The summed E-state index contributed by atoms with van der Waals surface area (Å²) in [6, 6.07) is 2.70. The van der Waals surface area contributed by atoms with Gasteiger partial charge in [0.2, 0.25) is 0 Å². The fourth-order valence-electron chi connectivity index (χ4n) is 1.72. The molecule has 0 aliphatic heterocycles. The van der Waals surface area contributed by atoms with Crippen molar-refractivity contribution in [1.29, 1.82) is 0 Å². The molecule has 1 aliphatic carbocycles. The third-order valence-corrected chi connectivity index (χ3v) is 3.31. The number of hydrogen-bond donors (Lipinski definition) is 2. The molecule has 92 valence electrons. The maximum Gasteiger partial charge on any atom is 0.271 e. The van der Waals surface area contributed by atoms with Gasteiger partial charge in [0.1, 0.15) is 5.69 Å². The Morgan fingerprint density at radius 1 is 1.53 bits per heavy atom. The second-order valence-corrected chi connectivity index (χ2v) is 4.81. The van der Waals surface area contributed by atoms with Crippen molar-refractivity contribution in [3.8, 4) is 0 Å². The molecule has 1 aromatic heterocycles. The quantitative estimate of drug-likeness (QED) is 0.768. The zero-order valence-electron chi connectivity index (χ0n) is 9.33. The Labute approximate surface area is 104 Å². The minimum atomic E-state index is -0.317. The van der Waals surface area contributed by atoms with Crippen LogP contribution in [0.25, 0.3) is 0 Å². The van der Waals surface area contributed by atoms with E-state index in [4.69, 9.17) is 11.6 Å². The summed E-state index contributed by atoms with van der Waals surface area (Å²) < 4.78 is 0. The van der Waals surface area contributed by atoms with E-state index in [1.54, 1.807) is 0 Å². The number of aromatic amines is 1. The molecule has 17 heavy (non-hydrogen) atoms. The number of H-pyrrole nitrogens is 1. The van der Waals surface area contributed by atoms with Crippen LogP contribution in [-0.4, -0.2) is 28.5 Å². The molecule has 0 unspecified atom stereocenters. The molecule has 1 saturated carbocycles. The molecule has 0 saturated heterocycles. The normalized spacial score (nSPS) is 16.5. The van der Waals surface area contributed by atoms with Crippen LogP contribution in [0.3, 0.4) is 0 Å². The van der Waals surface area contributed by atoms with E-state index in [-0.39, 0.29) is 22.6 Å². The van der Waals surface area contributed by atoms with Gasteiger partial charge in [-0.25, -0.2) is 5.10 Å². The van der Waals surface area contributed by atoms with Crippen molar-refractivity contribution in [1.82, 2.24) is 15.5 Å². The predicted octanol–water partition coefficient (Wildman–Crippen LogP) is 0.909. The first-order valence-corrected chi connectivity index (χ1v) is 6.09. The van der Waals surface area contributed by atoms with Crippen molar-refractivity contribution < 1.29 is 4.79 Å². The molecule has 2 N–H and O–H groups in total. The van der Waals surface area contributed by atoms with E-state index in [2.05, 4.69) is 15.5 Å². The van der Waals surface area contributed by atoms with Crippen molar-refractivity contribution in [2.75, 3.05) is 12.4 Å². The highest BCUT2D eigenvalue weighted by Crippen LogP contribution is 2.48. The zero-order valence-corrected chi connectivity index (χ0v) is 10.1. The molecular formula is C11H14ClN3O2. The molecule has 0 radical (unpaired) electrons. The summed E-state index contributed by atoms with van der Waals surface area (Å²) in [6.07, 6.45) is 3.14. The van der Waals surface area contributed by atoms with E-state index >= 15 is 0 Å². The van der Waals surface area contributed by atoms with Crippen LogP contribution in [0.1, 0.15) is 29.8 Å². The fourth-order valence-corrected chi connectivity index (χ4v) is 2.12. The number of nitrogens with one attached hydrogen (secondary N) is 2. The van der Waals surface area contributed by atoms with Crippen molar-refractivity contribution in [3.63, 3.8) is 0 Å². The van der Waals surface area contributed by atoms with Crippen LogP contribution in [-0.2, 0) is 0 Å². The molecule has 1 fully saturated rings. The Bertz CT molecular complexity index is 448. The van der Waals surface area contributed by atoms with E-state index in [1.807, 2.05) is 0 Å². The third-order valence-electron chi connectivity index (χ3n) is 3.12. The van der Waals surface area contributed by atoms with Gasteiger partial charge in [-0.3, -0.25) is 9.59 Å². The number of halogens is 1. The number of rotatable bonds is 5. The Hall–Kier alpha value is -1.36. The van der Waals surface area contributed by atoms with Crippen LogP contribution in [0.15, 0.2) is 16.9 Å². The van der Waals surface area contributed by atoms with Crippen molar-refractivity contribution in [3.05, 3.63) is 28.2 Å². The van der Waals surface area contributed by atoms with E-state index in [0.717, 1.165) is 19.3 Å². The fraction of sp³-hybridized carbons (Fsp3) is 0.545.